The smallest absolute Gasteiger partial charge is 0.137 e. The van der Waals surface area contributed by atoms with E-state index in [1.165, 1.54) is 0 Å². The molecule has 3 N–H and O–H groups in total. The van der Waals surface area contributed by atoms with E-state index in [4.69, 9.17) is 17.3 Å². The molecular weight excluding hydrogens is 222 g/mol. The highest BCUT2D eigenvalue weighted by Gasteiger charge is 2.38. The van der Waals surface area contributed by atoms with E-state index in [1.807, 2.05) is 12.1 Å². The number of nitrogens with two attached hydrogens (primary N) is 1. The van der Waals surface area contributed by atoms with Crippen LogP contribution in [0.2, 0.25) is 5.02 Å². The highest BCUT2D eigenvalue weighted by molar-refractivity contribution is 6.32. The van der Waals surface area contributed by atoms with Crippen LogP contribution in [0.3, 0.4) is 0 Å². The number of aromatic hydroxyl groups is 1. The van der Waals surface area contributed by atoms with E-state index in [0.717, 1.165) is 30.4 Å². The molecule has 1 aliphatic carbocycles. The van der Waals surface area contributed by atoms with Crippen LogP contribution in [0.15, 0.2) is 12.1 Å². The zero-order chi connectivity index (χ0) is 11.9. The summed E-state index contributed by atoms with van der Waals surface area (Å²) in [6.45, 7) is 4.23. The lowest BCUT2D eigenvalue weighted by molar-refractivity contribution is 0.463. The largest absolute Gasteiger partial charge is 0.506 e. The maximum atomic E-state index is 9.91. The molecule has 0 atom stereocenters. The van der Waals surface area contributed by atoms with Crippen LogP contribution in [0.4, 0.5) is 0 Å². The van der Waals surface area contributed by atoms with Crippen LogP contribution in [0.5, 0.6) is 5.75 Å². The summed E-state index contributed by atoms with van der Waals surface area (Å²) in [5, 5.41) is 10.3. The van der Waals surface area contributed by atoms with Gasteiger partial charge in [-0.05, 0) is 42.4 Å². The number of phenolic OH excluding ortho intramolecular Hbond substituents is 1. The van der Waals surface area contributed by atoms with Gasteiger partial charge in [0.05, 0.1) is 5.02 Å². The second-order valence-corrected chi connectivity index (χ2v) is 5.61. The molecule has 16 heavy (non-hydrogen) atoms. The second kappa shape index (κ2) is 3.94. The molecule has 1 aromatic carbocycles. The molecule has 0 heterocycles. The Morgan fingerprint density at radius 3 is 2.56 bits per heavy atom. The molecule has 1 saturated carbocycles. The first-order chi connectivity index (χ1) is 7.41. The lowest BCUT2D eigenvalue weighted by atomic mass is 9.96. The Bertz CT molecular complexity index is 411. The van der Waals surface area contributed by atoms with Crippen LogP contribution in [-0.2, 0) is 6.42 Å². The van der Waals surface area contributed by atoms with Crippen LogP contribution >= 0.6 is 11.6 Å². The summed E-state index contributed by atoms with van der Waals surface area (Å²) in [7, 11) is 0. The highest BCUT2D eigenvalue weighted by atomic mass is 35.5. The van der Waals surface area contributed by atoms with Crippen molar-refractivity contribution in [2.75, 3.05) is 0 Å². The molecule has 1 fully saturated rings. The molecule has 1 aromatic rings. The van der Waals surface area contributed by atoms with Gasteiger partial charge in [-0.15, -0.1) is 0 Å². The standard InChI is InChI=1S/C13H18ClNO/c1-8(2)9-5-10(7-13(15)3-4-13)12(16)11(14)6-9/h5-6,8,16H,3-4,7,15H2,1-2H3. The molecular formula is C13H18ClNO. The van der Waals surface area contributed by atoms with Gasteiger partial charge in [0.25, 0.3) is 0 Å². The van der Waals surface area contributed by atoms with Gasteiger partial charge in [-0.1, -0.05) is 31.5 Å². The van der Waals surface area contributed by atoms with Gasteiger partial charge >= 0.3 is 0 Å². The number of halogens is 1. The fourth-order valence-corrected chi connectivity index (χ4v) is 2.11. The van der Waals surface area contributed by atoms with Crippen molar-refractivity contribution < 1.29 is 5.11 Å². The fraction of sp³-hybridized carbons (Fsp3) is 0.538. The molecule has 0 aliphatic heterocycles. The molecule has 0 bridgehead atoms. The Balaban J connectivity index is 2.34. The average Bonchev–Trinajstić information content (AvgIpc) is 2.91. The third-order valence-corrected chi connectivity index (χ3v) is 3.55. The van der Waals surface area contributed by atoms with E-state index in [-0.39, 0.29) is 11.3 Å². The highest BCUT2D eigenvalue weighted by Crippen LogP contribution is 2.40. The summed E-state index contributed by atoms with van der Waals surface area (Å²) >= 11 is 6.02. The zero-order valence-corrected chi connectivity index (χ0v) is 10.5. The van der Waals surface area contributed by atoms with Crippen molar-refractivity contribution in [3.8, 4) is 5.75 Å². The molecule has 0 radical (unpaired) electrons. The zero-order valence-electron chi connectivity index (χ0n) is 9.76. The second-order valence-electron chi connectivity index (χ2n) is 5.20. The van der Waals surface area contributed by atoms with E-state index in [0.29, 0.717) is 10.9 Å². The predicted octanol–water partition coefficient (Wildman–Crippen LogP) is 3.20. The summed E-state index contributed by atoms with van der Waals surface area (Å²) in [6, 6.07) is 3.86. The summed E-state index contributed by atoms with van der Waals surface area (Å²) in [4.78, 5) is 0. The van der Waals surface area contributed by atoms with Gasteiger partial charge in [0.15, 0.2) is 0 Å². The summed E-state index contributed by atoms with van der Waals surface area (Å²) in [6.07, 6.45) is 2.80. The average molecular weight is 240 g/mol. The number of phenols is 1. The Labute approximate surface area is 101 Å². The topological polar surface area (TPSA) is 46.2 Å². The molecule has 0 spiro atoms. The minimum atomic E-state index is -0.101. The molecule has 2 nitrogen and oxygen atoms in total. The first-order valence-corrected chi connectivity index (χ1v) is 6.09. The van der Waals surface area contributed by atoms with Crippen molar-refractivity contribution in [2.24, 2.45) is 5.73 Å². The molecule has 88 valence electrons. The maximum absolute atomic E-state index is 9.91. The molecule has 2 rings (SSSR count). The van der Waals surface area contributed by atoms with Crippen LogP contribution in [0.25, 0.3) is 0 Å². The normalized spacial score (nSPS) is 17.8. The Hall–Kier alpha value is -0.730. The monoisotopic (exact) mass is 239 g/mol. The van der Waals surface area contributed by atoms with Crippen LogP contribution < -0.4 is 5.73 Å². The number of hydrogen-bond acceptors (Lipinski definition) is 2. The van der Waals surface area contributed by atoms with E-state index < -0.39 is 0 Å². The summed E-state index contributed by atoms with van der Waals surface area (Å²) in [5.41, 5.74) is 8.01. The van der Waals surface area contributed by atoms with E-state index in [1.54, 1.807) is 0 Å². The number of benzene rings is 1. The van der Waals surface area contributed by atoms with Crippen molar-refractivity contribution >= 4 is 11.6 Å². The molecule has 0 unspecified atom stereocenters. The Kier molecular flexibility index (Phi) is 2.89. The van der Waals surface area contributed by atoms with Crippen molar-refractivity contribution in [3.63, 3.8) is 0 Å². The van der Waals surface area contributed by atoms with Gasteiger partial charge in [0.1, 0.15) is 5.75 Å². The van der Waals surface area contributed by atoms with Crippen molar-refractivity contribution in [3.05, 3.63) is 28.3 Å². The van der Waals surface area contributed by atoms with Gasteiger partial charge in [-0.3, -0.25) is 0 Å². The van der Waals surface area contributed by atoms with Crippen LogP contribution in [-0.4, -0.2) is 10.6 Å². The third-order valence-electron chi connectivity index (χ3n) is 3.27. The van der Waals surface area contributed by atoms with Crippen molar-refractivity contribution in [1.82, 2.24) is 0 Å². The summed E-state index contributed by atoms with van der Waals surface area (Å²) in [5.74, 6) is 0.604. The molecule has 1 aliphatic rings. The minimum absolute atomic E-state index is 0.101. The van der Waals surface area contributed by atoms with Crippen LogP contribution in [0, 0.1) is 0 Å². The van der Waals surface area contributed by atoms with E-state index >= 15 is 0 Å². The Morgan fingerprint density at radius 2 is 2.06 bits per heavy atom. The first-order valence-electron chi connectivity index (χ1n) is 5.71. The van der Waals surface area contributed by atoms with Crippen molar-refractivity contribution in [1.29, 1.82) is 0 Å². The van der Waals surface area contributed by atoms with Crippen LogP contribution in [0.1, 0.15) is 43.7 Å². The minimum Gasteiger partial charge on any atom is -0.506 e. The first kappa shape index (κ1) is 11.7. The Morgan fingerprint density at radius 1 is 1.44 bits per heavy atom. The van der Waals surface area contributed by atoms with E-state index in [2.05, 4.69) is 13.8 Å². The molecule has 3 heteroatoms. The van der Waals surface area contributed by atoms with Gasteiger partial charge in [0, 0.05) is 5.54 Å². The quantitative estimate of drug-likeness (QED) is 0.851. The third kappa shape index (κ3) is 2.33. The number of rotatable bonds is 3. The summed E-state index contributed by atoms with van der Waals surface area (Å²) < 4.78 is 0. The maximum Gasteiger partial charge on any atom is 0.137 e. The number of hydrogen-bond donors (Lipinski definition) is 2. The SMILES string of the molecule is CC(C)c1cc(Cl)c(O)c(CC2(N)CC2)c1. The lowest BCUT2D eigenvalue weighted by Gasteiger charge is -2.15. The van der Waals surface area contributed by atoms with Gasteiger partial charge in [0.2, 0.25) is 0 Å². The predicted molar refractivity (Wildman–Crippen MR) is 67.1 cm³/mol. The lowest BCUT2D eigenvalue weighted by Crippen LogP contribution is -2.24. The van der Waals surface area contributed by atoms with Gasteiger partial charge in [-0.2, -0.15) is 0 Å². The van der Waals surface area contributed by atoms with Gasteiger partial charge in [-0.25, -0.2) is 0 Å². The molecule has 0 saturated heterocycles. The fourth-order valence-electron chi connectivity index (χ4n) is 1.86. The van der Waals surface area contributed by atoms with Gasteiger partial charge < -0.3 is 10.8 Å². The van der Waals surface area contributed by atoms with E-state index in [9.17, 15) is 5.11 Å². The van der Waals surface area contributed by atoms with Crippen molar-refractivity contribution in [2.45, 2.75) is 44.6 Å². The molecule has 0 aromatic heterocycles. The molecule has 0 amide bonds.